The standard InChI is InChI=1S/C14H10Br2FNO2/c1-20-13-7-9(17)3-5-12(13)18-14(19)10-4-2-8(15)6-11(10)16/h2-7H,1H3,(H,18,19). The van der Waals surface area contributed by atoms with E-state index in [0.717, 1.165) is 4.47 Å². The van der Waals surface area contributed by atoms with Crippen LogP contribution in [0.5, 0.6) is 5.75 Å². The number of benzene rings is 2. The summed E-state index contributed by atoms with van der Waals surface area (Å²) in [5.41, 5.74) is 0.883. The second-order valence-electron chi connectivity index (χ2n) is 3.92. The summed E-state index contributed by atoms with van der Waals surface area (Å²) in [7, 11) is 1.42. The Morgan fingerprint density at radius 1 is 1.20 bits per heavy atom. The van der Waals surface area contributed by atoms with Crippen LogP contribution in [-0.4, -0.2) is 13.0 Å². The molecule has 0 bridgehead atoms. The van der Waals surface area contributed by atoms with E-state index >= 15 is 0 Å². The maximum atomic E-state index is 13.1. The van der Waals surface area contributed by atoms with Gasteiger partial charge in [-0.3, -0.25) is 4.79 Å². The Kier molecular flexibility index (Phi) is 4.77. The number of hydrogen-bond acceptors (Lipinski definition) is 2. The highest BCUT2D eigenvalue weighted by molar-refractivity contribution is 9.11. The minimum atomic E-state index is -0.426. The molecule has 1 N–H and O–H groups in total. The molecule has 0 radical (unpaired) electrons. The van der Waals surface area contributed by atoms with E-state index in [9.17, 15) is 9.18 Å². The van der Waals surface area contributed by atoms with Gasteiger partial charge in [0, 0.05) is 15.0 Å². The fourth-order valence-electron chi connectivity index (χ4n) is 1.63. The molecule has 0 atom stereocenters. The van der Waals surface area contributed by atoms with Gasteiger partial charge in [-0.05, 0) is 46.3 Å². The molecule has 3 nitrogen and oxygen atoms in total. The lowest BCUT2D eigenvalue weighted by Crippen LogP contribution is -2.13. The van der Waals surface area contributed by atoms with Gasteiger partial charge in [0.15, 0.2) is 0 Å². The molecule has 0 saturated carbocycles. The van der Waals surface area contributed by atoms with Crippen LogP contribution in [-0.2, 0) is 0 Å². The number of carbonyl (C=O) groups excluding carboxylic acids is 1. The van der Waals surface area contributed by atoms with Crippen molar-refractivity contribution in [3.05, 3.63) is 56.7 Å². The van der Waals surface area contributed by atoms with Crippen molar-refractivity contribution in [3.8, 4) is 5.75 Å². The van der Waals surface area contributed by atoms with Crippen LogP contribution in [0.15, 0.2) is 45.3 Å². The van der Waals surface area contributed by atoms with E-state index < -0.39 is 5.82 Å². The third-order valence-electron chi connectivity index (χ3n) is 2.59. The Morgan fingerprint density at radius 3 is 2.60 bits per heavy atom. The maximum absolute atomic E-state index is 13.1. The molecule has 2 aromatic carbocycles. The zero-order valence-corrected chi connectivity index (χ0v) is 13.6. The molecule has 104 valence electrons. The molecule has 6 heteroatoms. The van der Waals surface area contributed by atoms with Crippen LogP contribution in [0.2, 0.25) is 0 Å². The van der Waals surface area contributed by atoms with Crippen molar-refractivity contribution in [1.82, 2.24) is 0 Å². The van der Waals surface area contributed by atoms with Crippen LogP contribution in [0.3, 0.4) is 0 Å². The summed E-state index contributed by atoms with van der Waals surface area (Å²) in [4.78, 5) is 12.2. The van der Waals surface area contributed by atoms with E-state index in [-0.39, 0.29) is 11.7 Å². The van der Waals surface area contributed by atoms with Crippen molar-refractivity contribution < 1.29 is 13.9 Å². The quantitative estimate of drug-likeness (QED) is 0.813. The normalized spacial score (nSPS) is 10.2. The van der Waals surface area contributed by atoms with E-state index in [1.165, 1.54) is 25.3 Å². The van der Waals surface area contributed by atoms with E-state index in [1.807, 2.05) is 0 Å². The first-order valence-electron chi connectivity index (χ1n) is 5.61. The summed E-state index contributed by atoms with van der Waals surface area (Å²) in [6, 6.07) is 9.15. The molecule has 0 fully saturated rings. The summed E-state index contributed by atoms with van der Waals surface area (Å²) in [6.07, 6.45) is 0. The molecular formula is C14H10Br2FNO2. The predicted molar refractivity (Wildman–Crippen MR) is 82.7 cm³/mol. The van der Waals surface area contributed by atoms with Gasteiger partial charge in [-0.25, -0.2) is 4.39 Å². The van der Waals surface area contributed by atoms with Gasteiger partial charge in [0.25, 0.3) is 5.91 Å². The lowest BCUT2D eigenvalue weighted by Gasteiger charge is -2.11. The van der Waals surface area contributed by atoms with Gasteiger partial charge in [-0.15, -0.1) is 0 Å². The Bertz CT molecular complexity index is 662. The predicted octanol–water partition coefficient (Wildman–Crippen LogP) is 4.61. The number of anilines is 1. The van der Waals surface area contributed by atoms with Crippen molar-refractivity contribution in [3.63, 3.8) is 0 Å². The average Bonchev–Trinajstić information content (AvgIpc) is 2.40. The fraction of sp³-hybridized carbons (Fsp3) is 0.0714. The van der Waals surface area contributed by atoms with Crippen molar-refractivity contribution in [2.75, 3.05) is 12.4 Å². The zero-order chi connectivity index (χ0) is 14.7. The number of ether oxygens (including phenoxy) is 1. The maximum Gasteiger partial charge on any atom is 0.256 e. The zero-order valence-electron chi connectivity index (χ0n) is 10.4. The lowest BCUT2D eigenvalue weighted by molar-refractivity contribution is 0.102. The van der Waals surface area contributed by atoms with Crippen LogP contribution >= 0.6 is 31.9 Å². The molecule has 2 aromatic rings. The Morgan fingerprint density at radius 2 is 1.95 bits per heavy atom. The minimum Gasteiger partial charge on any atom is -0.494 e. The van der Waals surface area contributed by atoms with E-state index in [0.29, 0.717) is 15.7 Å². The number of carbonyl (C=O) groups is 1. The first-order valence-corrected chi connectivity index (χ1v) is 7.20. The summed E-state index contributed by atoms with van der Waals surface area (Å²) in [5, 5.41) is 2.69. The SMILES string of the molecule is COc1cc(F)ccc1NC(=O)c1ccc(Br)cc1Br. The van der Waals surface area contributed by atoms with Gasteiger partial charge in [0.05, 0.1) is 18.4 Å². The Labute approximate surface area is 132 Å². The van der Waals surface area contributed by atoms with E-state index in [2.05, 4.69) is 37.2 Å². The number of methoxy groups -OCH3 is 1. The van der Waals surface area contributed by atoms with E-state index in [4.69, 9.17) is 4.74 Å². The summed E-state index contributed by atoms with van der Waals surface area (Å²) < 4.78 is 19.7. The Hall–Kier alpha value is -1.40. The lowest BCUT2D eigenvalue weighted by atomic mass is 10.2. The first-order chi connectivity index (χ1) is 9.51. The second-order valence-corrected chi connectivity index (χ2v) is 5.69. The molecule has 0 saturated heterocycles. The molecule has 2 rings (SSSR count). The van der Waals surface area contributed by atoms with Crippen molar-refractivity contribution in [2.24, 2.45) is 0 Å². The monoisotopic (exact) mass is 401 g/mol. The topological polar surface area (TPSA) is 38.3 Å². The van der Waals surface area contributed by atoms with Crippen molar-refractivity contribution >= 4 is 43.5 Å². The van der Waals surface area contributed by atoms with Crippen LogP contribution < -0.4 is 10.1 Å². The molecule has 1 amide bonds. The van der Waals surface area contributed by atoms with Crippen LogP contribution in [0.1, 0.15) is 10.4 Å². The summed E-state index contributed by atoms with van der Waals surface area (Å²) in [6.45, 7) is 0. The van der Waals surface area contributed by atoms with E-state index in [1.54, 1.807) is 18.2 Å². The van der Waals surface area contributed by atoms with Gasteiger partial charge in [0.2, 0.25) is 0 Å². The third-order valence-corrected chi connectivity index (χ3v) is 3.74. The van der Waals surface area contributed by atoms with Crippen molar-refractivity contribution in [1.29, 1.82) is 0 Å². The molecular weight excluding hydrogens is 393 g/mol. The molecule has 0 spiro atoms. The van der Waals surface area contributed by atoms with Gasteiger partial charge < -0.3 is 10.1 Å². The van der Waals surface area contributed by atoms with Gasteiger partial charge in [0.1, 0.15) is 11.6 Å². The van der Waals surface area contributed by atoms with Gasteiger partial charge in [-0.1, -0.05) is 15.9 Å². The minimum absolute atomic E-state index is 0.270. The molecule has 0 aliphatic heterocycles. The van der Waals surface area contributed by atoms with Gasteiger partial charge >= 0.3 is 0 Å². The second kappa shape index (κ2) is 6.37. The molecule has 0 aliphatic carbocycles. The number of amides is 1. The average molecular weight is 403 g/mol. The molecule has 0 unspecified atom stereocenters. The number of halogens is 3. The first kappa shape index (κ1) is 15.0. The number of nitrogens with one attached hydrogen (secondary N) is 1. The smallest absolute Gasteiger partial charge is 0.256 e. The summed E-state index contributed by atoms with van der Waals surface area (Å²) >= 11 is 6.65. The molecule has 0 aliphatic rings. The highest BCUT2D eigenvalue weighted by Crippen LogP contribution is 2.27. The third kappa shape index (κ3) is 3.37. The van der Waals surface area contributed by atoms with Crippen LogP contribution in [0.4, 0.5) is 10.1 Å². The highest BCUT2D eigenvalue weighted by atomic mass is 79.9. The molecule has 0 aromatic heterocycles. The van der Waals surface area contributed by atoms with Crippen molar-refractivity contribution in [2.45, 2.75) is 0 Å². The molecule has 20 heavy (non-hydrogen) atoms. The van der Waals surface area contributed by atoms with Crippen LogP contribution in [0.25, 0.3) is 0 Å². The Balaban J connectivity index is 2.28. The number of rotatable bonds is 3. The highest BCUT2D eigenvalue weighted by Gasteiger charge is 2.13. The summed E-state index contributed by atoms with van der Waals surface area (Å²) in [5.74, 6) is -0.467. The van der Waals surface area contributed by atoms with Gasteiger partial charge in [-0.2, -0.15) is 0 Å². The number of hydrogen-bond donors (Lipinski definition) is 1. The fourth-order valence-corrected chi connectivity index (χ4v) is 2.86. The van der Waals surface area contributed by atoms with Crippen LogP contribution in [0, 0.1) is 5.82 Å². The molecule has 0 heterocycles. The largest absolute Gasteiger partial charge is 0.494 e.